The van der Waals surface area contributed by atoms with Gasteiger partial charge in [0.05, 0.1) is 17.1 Å². The number of nitrogens with two attached hydrogens (primary N) is 1. The summed E-state index contributed by atoms with van der Waals surface area (Å²) in [4.78, 5) is 7.49. The molecule has 2 aliphatic carbocycles. The Morgan fingerprint density at radius 1 is 0.722 bits per heavy atom. The second-order valence-corrected chi connectivity index (χ2v) is 22.0. The standard InChI is InChI=1S/C31H39P2.C9H11N3.C5H5.2ClH.Fe.Ru/c1-25(32(26-15-6-2-7-16-26)27-17-8-3-9-18-27)30-23-14-24-31(30)33(28-19-10-4-11-20-28)29-21-12-5-13-22-29;1-6(10)9-11-7-4-2-3-5-8(7)12-9;1-2-4-5-3-1;;;;/h4-5,10-14,19-27H,2-3,6-9,15-18H2,1H3;2-6H,10H2,1H3,(H,11,12);1-5H;2*1H;;/q-1;;-1;;;;+2/p-2/t25-;6-;;;;;/m10...../s1. The van der Waals surface area contributed by atoms with E-state index in [0.29, 0.717) is 5.66 Å². The molecule has 0 radical (unpaired) electrons. The van der Waals surface area contributed by atoms with Crippen molar-refractivity contribution in [1.82, 2.24) is 9.97 Å². The van der Waals surface area contributed by atoms with E-state index >= 15 is 0 Å². The Balaban J connectivity index is 0.000000252. The Bertz CT molecular complexity index is 1710. The van der Waals surface area contributed by atoms with Crippen LogP contribution in [0.15, 0.2) is 133 Å². The van der Waals surface area contributed by atoms with Crippen molar-refractivity contribution in [2.24, 2.45) is 5.73 Å². The summed E-state index contributed by atoms with van der Waals surface area (Å²) in [6.45, 7) is 4.54. The van der Waals surface area contributed by atoms with Crippen LogP contribution in [0, 0.1) is 0 Å². The fraction of sp³-hybridized carbons (Fsp3) is 0.356. The van der Waals surface area contributed by atoms with Gasteiger partial charge in [-0.05, 0) is 80.2 Å². The van der Waals surface area contributed by atoms with Crippen LogP contribution in [0.5, 0.6) is 0 Å². The summed E-state index contributed by atoms with van der Waals surface area (Å²) in [5.41, 5.74) is 12.1. The van der Waals surface area contributed by atoms with Crippen LogP contribution in [0.3, 0.4) is 0 Å². The molecule has 0 saturated heterocycles. The topological polar surface area (TPSA) is 54.7 Å². The summed E-state index contributed by atoms with van der Waals surface area (Å²) in [5.74, 6) is 0.844. The van der Waals surface area contributed by atoms with Crippen LogP contribution in [0.1, 0.15) is 101 Å². The number of nitrogens with one attached hydrogen (secondary N) is 1. The third-order valence-corrected chi connectivity index (χ3v) is 16.8. The summed E-state index contributed by atoms with van der Waals surface area (Å²) < 4.78 is 0. The molecule has 0 aliphatic heterocycles. The molecular weight excluding hydrogens is 872 g/mol. The number of para-hydroxylation sites is 2. The molecule has 3 N–H and O–H groups in total. The first kappa shape index (κ1) is 45.1. The minimum atomic E-state index is -0.511. The molecule has 1 heterocycles. The second-order valence-electron chi connectivity index (χ2n) is 14.0. The third-order valence-electron chi connectivity index (χ3n) is 10.4. The monoisotopic (exact) mass is 927 g/mol. The van der Waals surface area contributed by atoms with Crippen molar-refractivity contribution in [2.75, 3.05) is 0 Å². The molecule has 292 valence electrons. The van der Waals surface area contributed by atoms with Crippen LogP contribution < -0.4 is 21.6 Å². The Kier molecular flexibility index (Phi) is 20.8. The minimum absolute atomic E-state index is 0. The van der Waals surface area contributed by atoms with Crippen molar-refractivity contribution in [3.63, 3.8) is 0 Å². The van der Waals surface area contributed by atoms with Crippen LogP contribution in [-0.4, -0.2) is 21.3 Å². The van der Waals surface area contributed by atoms with Gasteiger partial charge in [0.2, 0.25) is 0 Å². The molecule has 2 fully saturated rings. The van der Waals surface area contributed by atoms with E-state index in [1.54, 1.807) is 10.9 Å². The SMILES string of the molecule is C[C@H](N)c1nc2ccccc2[nH]1.C[C@H]([c-]1cccc1P(c1ccccc1)c1ccccc1)P(C1CCCCC1)C1CCCCC1.[Cl][Ru][Cl].[Fe].c1cc[cH-]c1. The molecule has 9 heteroatoms. The van der Waals surface area contributed by atoms with Gasteiger partial charge in [-0.15, -0.1) is 18.8 Å². The van der Waals surface area contributed by atoms with Gasteiger partial charge >= 0.3 is 34.5 Å². The zero-order valence-corrected chi connectivity index (χ0v) is 37.6. The number of halogens is 2. The Morgan fingerprint density at radius 3 is 1.69 bits per heavy atom. The largest absolute Gasteiger partial charge is 0.214 e. The summed E-state index contributed by atoms with van der Waals surface area (Å²) in [6.07, 6.45) is 14.8. The molecule has 0 amide bonds. The number of fused-ring (bicyclic) bond motifs is 1. The van der Waals surface area contributed by atoms with E-state index in [9.17, 15) is 0 Å². The van der Waals surface area contributed by atoms with Crippen LogP contribution in [0.4, 0.5) is 0 Å². The number of hydrogen-bond donors (Lipinski definition) is 2. The Morgan fingerprint density at radius 2 is 1.22 bits per heavy atom. The minimum Gasteiger partial charge on any atom is -0.214 e. The maximum absolute atomic E-state index is 5.68. The molecule has 3 nitrogen and oxygen atoms in total. The number of rotatable bonds is 8. The number of benzene rings is 3. The molecule has 0 spiro atoms. The fourth-order valence-electron chi connectivity index (χ4n) is 7.92. The molecule has 5 aromatic carbocycles. The normalized spacial score (nSPS) is 15.9. The van der Waals surface area contributed by atoms with Crippen LogP contribution in [0.25, 0.3) is 11.0 Å². The van der Waals surface area contributed by atoms with E-state index in [2.05, 4.69) is 95.8 Å². The maximum Gasteiger partial charge on any atom is 0 e. The number of imidazole rings is 1. The second kappa shape index (κ2) is 24.9. The Labute approximate surface area is 353 Å². The van der Waals surface area contributed by atoms with Gasteiger partial charge in [-0.2, -0.15) is 24.3 Å². The predicted octanol–water partition coefficient (Wildman–Crippen LogP) is 12.7. The molecule has 8 rings (SSSR count). The van der Waals surface area contributed by atoms with E-state index in [1.807, 2.05) is 61.5 Å². The average Bonchev–Trinajstić information content (AvgIpc) is 4.02. The van der Waals surface area contributed by atoms with Gasteiger partial charge < -0.3 is 10.7 Å². The van der Waals surface area contributed by atoms with E-state index in [-0.39, 0.29) is 46.2 Å². The van der Waals surface area contributed by atoms with E-state index in [1.165, 1.54) is 74.8 Å². The molecule has 0 bridgehead atoms. The van der Waals surface area contributed by atoms with Gasteiger partial charge in [0, 0.05) is 17.1 Å². The average molecular weight is 928 g/mol. The first-order valence-electron chi connectivity index (χ1n) is 19.2. The van der Waals surface area contributed by atoms with Crippen LogP contribution in [0.2, 0.25) is 0 Å². The van der Waals surface area contributed by atoms with Crippen LogP contribution in [-0.2, 0) is 32.2 Å². The summed E-state index contributed by atoms with van der Waals surface area (Å²) >= 11 is -0.346. The van der Waals surface area contributed by atoms with E-state index in [0.717, 1.165) is 28.2 Å². The van der Waals surface area contributed by atoms with E-state index < -0.39 is 7.92 Å². The van der Waals surface area contributed by atoms with Crippen molar-refractivity contribution in [3.05, 3.63) is 145 Å². The zero-order chi connectivity index (χ0) is 37.3. The maximum atomic E-state index is 5.68. The van der Waals surface area contributed by atoms with Gasteiger partial charge in [0.15, 0.2) is 0 Å². The van der Waals surface area contributed by atoms with Crippen LogP contribution >= 0.6 is 35.2 Å². The molecule has 2 aliphatic rings. The van der Waals surface area contributed by atoms with Crippen molar-refractivity contribution in [1.29, 1.82) is 0 Å². The number of aromatic amines is 1. The first-order valence-corrected chi connectivity index (χ1v) is 26.5. The van der Waals surface area contributed by atoms with E-state index in [4.69, 9.17) is 25.1 Å². The molecular formula is C45H55Cl2FeN3P2Ru-2. The smallest absolute Gasteiger partial charge is 0 e. The molecule has 2 atom stereocenters. The number of H-pyrrole nitrogens is 1. The number of hydrogen-bond acceptors (Lipinski definition) is 2. The summed E-state index contributed by atoms with van der Waals surface area (Å²) in [7, 11) is 9.22. The van der Waals surface area contributed by atoms with Gasteiger partial charge in [-0.3, -0.25) is 0 Å². The first-order chi connectivity index (χ1) is 26.0. The predicted molar refractivity (Wildman–Crippen MR) is 232 cm³/mol. The van der Waals surface area contributed by atoms with Gasteiger partial charge in [-0.25, -0.2) is 29.2 Å². The molecule has 2 saturated carbocycles. The van der Waals surface area contributed by atoms with Crippen molar-refractivity contribution in [3.8, 4) is 0 Å². The van der Waals surface area contributed by atoms with Gasteiger partial charge in [0.1, 0.15) is 5.82 Å². The van der Waals surface area contributed by atoms with Gasteiger partial charge in [0.25, 0.3) is 0 Å². The zero-order valence-electron chi connectivity index (χ0n) is 31.5. The molecule has 6 aromatic rings. The summed E-state index contributed by atoms with van der Waals surface area (Å²) in [5, 5.41) is 4.59. The molecule has 0 unspecified atom stereocenters. The quantitative estimate of drug-likeness (QED) is 0.0908. The molecule has 54 heavy (non-hydrogen) atoms. The Hall–Kier alpha value is -1.63. The van der Waals surface area contributed by atoms with Crippen molar-refractivity contribution in [2.45, 2.75) is 101 Å². The van der Waals surface area contributed by atoms with Gasteiger partial charge in [-0.1, -0.05) is 118 Å². The summed E-state index contributed by atoms with van der Waals surface area (Å²) in [6, 6.07) is 47.8. The number of aromatic nitrogens is 2. The molecule has 1 aromatic heterocycles. The fourth-order valence-corrected chi connectivity index (χ4v) is 14.9. The number of nitrogens with zero attached hydrogens (tertiary/aromatic N) is 1. The third kappa shape index (κ3) is 13.2. The van der Waals surface area contributed by atoms with Crippen molar-refractivity contribution < 1.29 is 32.2 Å². The van der Waals surface area contributed by atoms with Crippen molar-refractivity contribution >= 4 is 62.2 Å².